The Hall–Kier alpha value is -0.350. The van der Waals surface area contributed by atoms with Crippen LogP contribution in [0.4, 0.5) is 0 Å². The number of nitrogens with zero attached hydrogens (tertiary/aromatic N) is 3. The van der Waals surface area contributed by atoms with Crippen molar-refractivity contribution in [1.29, 1.82) is 0 Å². The van der Waals surface area contributed by atoms with E-state index in [9.17, 15) is 0 Å². The number of rotatable bonds is 4. The normalized spacial score (nSPS) is 27.1. The second-order valence-electron chi connectivity index (χ2n) is 4.74. The summed E-state index contributed by atoms with van der Waals surface area (Å²) in [5.74, 6) is 0.780. The van der Waals surface area contributed by atoms with E-state index >= 15 is 0 Å². The highest BCUT2D eigenvalue weighted by atomic mass is 79.9. The molecule has 0 spiro atoms. The Labute approximate surface area is 106 Å². The molecule has 4 heteroatoms. The fourth-order valence-electron chi connectivity index (χ4n) is 2.30. The molecule has 0 aromatic carbocycles. The lowest BCUT2D eigenvalue weighted by atomic mass is 10.00. The molecule has 0 radical (unpaired) electrons. The number of aromatic nitrogens is 2. The van der Waals surface area contributed by atoms with Crippen LogP contribution in [0.1, 0.15) is 19.8 Å². The highest BCUT2D eigenvalue weighted by Crippen LogP contribution is 2.23. The van der Waals surface area contributed by atoms with Crippen LogP contribution in [0.5, 0.6) is 0 Å². The average Bonchev–Trinajstić information content (AvgIpc) is 2.76. The zero-order chi connectivity index (χ0) is 11.4. The quantitative estimate of drug-likeness (QED) is 0.792. The lowest BCUT2D eigenvalue weighted by Crippen LogP contribution is -2.40. The van der Waals surface area contributed by atoms with Gasteiger partial charge in [0.15, 0.2) is 0 Å². The van der Waals surface area contributed by atoms with Crippen molar-refractivity contribution in [2.45, 2.75) is 31.1 Å². The molecular weight excluding hydrogens is 266 g/mol. The van der Waals surface area contributed by atoms with Gasteiger partial charge in [0.2, 0.25) is 0 Å². The van der Waals surface area contributed by atoms with Crippen LogP contribution in [-0.4, -0.2) is 38.9 Å². The van der Waals surface area contributed by atoms with Gasteiger partial charge in [-0.1, -0.05) is 22.9 Å². The Morgan fingerprint density at radius 2 is 2.31 bits per heavy atom. The zero-order valence-corrected chi connectivity index (χ0v) is 11.4. The van der Waals surface area contributed by atoms with Crippen molar-refractivity contribution < 1.29 is 0 Å². The van der Waals surface area contributed by atoms with E-state index in [-0.39, 0.29) is 0 Å². The minimum Gasteiger partial charge on any atom is -0.337 e. The summed E-state index contributed by atoms with van der Waals surface area (Å²) in [4.78, 5) is 7.36. The first kappa shape index (κ1) is 12.1. The first-order valence-electron chi connectivity index (χ1n) is 6.08. The van der Waals surface area contributed by atoms with E-state index in [1.807, 2.05) is 18.7 Å². The summed E-state index contributed by atoms with van der Waals surface area (Å²) in [5, 5.41) is 0. The molecule has 1 saturated heterocycles. The number of aryl methyl sites for hydroxylation is 1. The maximum Gasteiger partial charge on any atom is 0.0945 e. The minimum absolute atomic E-state index is 0.720. The van der Waals surface area contributed by atoms with Gasteiger partial charge in [-0.05, 0) is 31.8 Å². The summed E-state index contributed by atoms with van der Waals surface area (Å²) in [6.45, 7) is 7.11. The topological polar surface area (TPSA) is 21.1 Å². The molecule has 0 saturated carbocycles. The molecule has 1 aromatic rings. The monoisotopic (exact) mass is 285 g/mol. The van der Waals surface area contributed by atoms with Crippen molar-refractivity contribution in [3.63, 3.8) is 0 Å². The Kier molecular flexibility index (Phi) is 4.41. The second-order valence-corrected chi connectivity index (χ2v) is 5.91. The average molecular weight is 286 g/mol. The van der Waals surface area contributed by atoms with Crippen LogP contribution in [0.3, 0.4) is 0 Å². The van der Waals surface area contributed by atoms with Gasteiger partial charge in [-0.2, -0.15) is 0 Å². The van der Waals surface area contributed by atoms with Gasteiger partial charge in [0.25, 0.3) is 0 Å². The van der Waals surface area contributed by atoms with E-state index in [0.717, 1.165) is 17.3 Å². The van der Waals surface area contributed by atoms with Crippen LogP contribution in [-0.2, 0) is 6.54 Å². The number of piperidine rings is 1. The lowest BCUT2D eigenvalue weighted by molar-refractivity contribution is 0.186. The molecule has 0 N–H and O–H groups in total. The van der Waals surface area contributed by atoms with E-state index in [4.69, 9.17) is 0 Å². The number of hydrogen-bond donors (Lipinski definition) is 0. The molecular formula is C12H20BrN3. The van der Waals surface area contributed by atoms with Gasteiger partial charge in [0.1, 0.15) is 0 Å². The predicted octanol–water partition coefficient (Wildman–Crippen LogP) is 2.38. The SMILES string of the molecule is CC1CN(CCCn2ccnc2)CCC1Br. The van der Waals surface area contributed by atoms with Crippen LogP contribution >= 0.6 is 15.9 Å². The van der Waals surface area contributed by atoms with Gasteiger partial charge < -0.3 is 9.47 Å². The Morgan fingerprint density at radius 3 is 3.00 bits per heavy atom. The van der Waals surface area contributed by atoms with E-state index in [2.05, 4.69) is 37.3 Å². The predicted molar refractivity (Wildman–Crippen MR) is 69.8 cm³/mol. The van der Waals surface area contributed by atoms with Gasteiger partial charge >= 0.3 is 0 Å². The van der Waals surface area contributed by atoms with E-state index < -0.39 is 0 Å². The number of alkyl halides is 1. The molecule has 2 atom stereocenters. The Balaban J connectivity index is 1.67. The zero-order valence-electron chi connectivity index (χ0n) is 9.85. The lowest BCUT2D eigenvalue weighted by Gasteiger charge is -2.34. The minimum atomic E-state index is 0.720. The van der Waals surface area contributed by atoms with Crippen LogP contribution in [0, 0.1) is 5.92 Å². The van der Waals surface area contributed by atoms with Gasteiger partial charge in [0, 0.05) is 30.3 Å². The van der Waals surface area contributed by atoms with Crippen LogP contribution in [0.25, 0.3) is 0 Å². The second kappa shape index (κ2) is 5.82. The third kappa shape index (κ3) is 3.32. The summed E-state index contributed by atoms with van der Waals surface area (Å²) < 4.78 is 2.15. The van der Waals surface area contributed by atoms with Crippen LogP contribution in [0.15, 0.2) is 18.7 Å². The van der Waals surface area contributed by atoms with Gasteiger partial charge in [-0.3, -0.25) is 0 Å². The van der Waals surface area contributed by atoms with Crippen molar-refractivity contribution >= 4 is 15.9 Å². The summed E-state index contributed by atoms with van der Waals surface area (Å²) >= 11 is 3.74. The summed E-state index contributed by atoms with van der Waals surface area (Å²) in [6.07, 6.45) is 8.28. The number of likely N-dealkylation sites (tertiary alicyclic amines) is 1. The van der Waals surface area contributed by atoms with Crippen molar-refractivity contribution in [2.75, 3.05) is 19.6 Å². The molecule has 0 amide bonds. The van der Waals surface area contributed by atoms with Crippen molar-refractivity contribution in [3.05, 3.63) is 18.7 Å². The maximum atomic E-state index is 4.05. The van der Waals surface area contributed by atoms with Crippen LogP contribution < -0.4 is 0 Å². The third-order valence-corrected chi connectivity index (χ3v) is 4.69. The highest BCUT2D eigenvalue weighted by molar-refractivity contribution is 9.09. The third-order valence-electron chi connectivity index (χ3n) is 3.33. The van der Waals surface area contributed by atoms with Gasteiger partial charge in [-0.15, -0.1) is 0 Å². The standard InChI is InChI=1S/C12H20BrN3/c1-11-9-15(7-3-12(11)13)5-2-6-16-8-4-14-10-16/h4,8,10-12H,2-3,5-7,9H2,1H3. The largest absolute Gasteiger partial charge is 0.337 e. The highest BCUT2D eigenvalue weighted by Gasteiger charge is 2.23. The maximum absolute atomic E-state index is 4.05. The fraction of sp³-hybridized carbons (Fsp3) is 0.750. The van der Waals surface area contributed by atoms with Crippen molar-refractivity contribution in [2.24, 2.45) is 5.92 Å². The molecule has 0 aliphatic carbocycles. The molecule has 2 rings (SSSR count). The van der Waals surface area contributed by atoms with Gasteiger partial charge in [-0.25, -0.2) is 4.98 Å². The molecule has 0 bridgehead atoms. The van der Waals surface area contributed by atoms with Crippen molar-refractivity contribution in [1.82, 2.24) is 14.5 Å². The van der Waals surface area contributed by atoms with E-state index in [0.29, 0.717) is 0 Å². The molecule has 2 unspecified atom stereocenters. The molecule has 90 valence electrons. The van der Waals surface area contributed by atoms with Crippen LogP contribution in [0.2, 0.25) is 0 Å². The molecule has 1 aromatic heterocycles. The first-order valence-corrected chi connectivity index (χ1v) is 6.99. The number of hydrogen-bond acceptors (Lipinski definition) is 2. The molecule has 2 heterocycles. The summed E-state index contributed by atoms with van der Waals surface area (Å²) in [6, 6.07) is 0. The van der Waals surface area contributed by atoms with Crippen molar-refractivity contribution in [3.8, 4) is 0 Å². The first-order chi connectivity index (χ1) is 7.75. The number of halogens is 1. The smallest absolute Gasteiger partial charge is 0.0945 e. The molecule has 1 aliphatic rings. The Bertz CT molecular complexity index is 299. The fourth-order valence-corrected chi connectivity index (χ4v) is 2.67. The van der Waals surface area contributed by atoms with Gasteiger partial charge in [0.05, 0.1) is 6.33 Å². The molecule has 3 nitrogen and oxygen atoms in total. The molecule has 1 aliphatic heterocycles. The summed E-state index contributed by atoms with van der Waals surface area (Å²) in [7, 11) is 0. The number of imidazole rings is 1. The molecule has 1 fully saturated rings. The van der Waals surface area contributed by atoms with E-state index in [1.165, 1.54) is 32.5 Å². The molecule has 16 heavy (non-hydrogen) atoms. The van der Waals surface area contributed by atoms with E-state index in [1.54, 1.807) is 0 Å². The Morgan fingerprint density at radius 1 is 1.44 bits per heavy atom. The summed E-state index contributed by atoms with van der Waals surface area (Å²) in [5.41, 5.74) is 0.